The lowest BCUT2D eigenvalue weighted by Gasteiger charge is -2.46. The van der Waals surface area contributed by atoms with E-state index in [9.17, 15) is 0 Å². The van der Waals surface area contributed by atoms with Gasteiger partial charge < -0.3 is 5.32 Å². The van der Waals surface area contributed by atoms with Gasteiger partial charge in [0.05, 0.1) is 0 Å². The Bertz CT molecular complexity index is 244. The highest BCUT2D eigenvalue weighted by molar-refractivity contribution is 4.92. The molecule has 1 aliphatic heterocycles. The van der Waals surface area contributed by atoms with Gasteiger partial charge in [-0.05, 0) is 25.7 Å². The first-order valence-corrected chi connectivity index (χ1v) is 8.35. The molecular formula is C17H36N2. The minimum atomic E-state index is 0.361. The summed E-state index contributed by atoms with van der Waals surface area (Å²) in [5, 5.41) is 3.73. The lowest BCUT2D eigenvalue weighted by Crippen LogP contribution is -2.61. The van der Waals surface area contributed by atoms with Crippen LogP contribution in [-0.4, -0.2) is 36.1 Å². The number of nitrogens with zero attached hydrogens (tertiary/aromatic N) is 1. The molecule has 0 radical (unpaired) electrons. The molecule has 0 bridgehead atoms. The highest BCUT2D eigenvalue weighted by Crippen LogP contribution is 2.25. The summed E-state index contributed by atoms with van der Waals surface area (Å²) < 4.78 is 0. The predicted molar refractivity (Wildman–Crippen MR) is 85.6 cm³/mol. The van der Waals surface area contributed by atoms with Crippen LogP contribution in [0.1, 0.15) is 73.6 Å². The van der Waals surface area contributed by atoms with Crippen molar-refractivity contribution in [3.63, 3.8) is 0 Å². The van der Waals surface area contributed by atoms with Crippen LogP contribution in [-0.2, 0) is 0 Å². The molecule has 1 fully saturated rings. The van der Waals surface area contributed by atoms with E-state index in [1.165, 1.54) is 38.6 Å². The molecule has 0 spiro atoms. The van der Waals surface area contributed by atoms with E-state index in [0.717, 1.165) is 12.6 Å². The molecular weight excluding hydrogens is 232 g/mol. The second-order valence-corrected chi connectivity index (χ2v) is 7.57. The maximum Gasteiger partial charge on any atom is 0.0244 e. The Morgan fingerprint density at radius 1 is 1.21 bits per heavy atom. The molecule has 0 aromatic rings. The first-order chi connectivity index (χ1) is 8.86. The van der Waals surface area contributed by atoms with Gasteiger partial charge in [0.2, 0.25) is 0 Å². The molecule has 3 atom stereocenters. The van der Waals surface area contributed by atoms with Crippen molar-refractivity contribution in [2.75, 3.05) is 13.1 Å². The molecule has 1 aliphatic rings. The summed E-state index contributed by atoms with van der Waals surface area (Å²) >= 11 is 0. The van der Waals surface area contributed by atoms with Crippen molar-refractivity contribution in [1.29, 1.82) is 0 Å². The third-order valence-electron chi connectivity index (χ3n) is 4.71. The van der Waals surface area contributed by atoms with Crippen molar-refractivity contribution < 1.29 is 0 Å². The van der Waals surface area contributed by atoms with Gasteiger partial charge in [-0.3, -0.25) is 4.90 Å². The van der Waals surface area contributed by atoms with E-state index >= 15 is 0 Å². The number of unbranched alkanes of at least 4 members (excludes halogenated alkanes) is 3. The van der Waals surface area contributed by atoms with E-state index in [4.69, 9.17) is 0 Å². The topological polar surface area (TPSA) is 15.3 Å². The van der Waals surface area contributed by atoms with E-state index in [1.54, 1.807) is 0 Å². The van der Waals surface area contributed by atoms with Gasteiger partial charge in [-0.2, -0.15) is 0 Å². The number of hydrogen-bond donors (Lipinski definition) is 1. The Kier molecular flexibility index (Phi) is 6.82. The molecule has 0 aromatic carbocycles. The van der Waals surface area contributed by atoms with Gasteiger partial charge >= 0.3 is 0 Å². The Labute approximate surface area is 121 Å². The highest BCUT2D eigenvalue weighted by Gasteiger charge is 2.33. The lowest BCUT2D eigenvalue weighted by molar-refractivity contribution is 0.0591. The summed E-state index contributed by atoms with van der Waals surface area (Å²) in [5.74, 6) is 0. The fraction of sp³-hybridized carbons (Fsp3) is 1.00. The van der Waals surface area contributed by atoms with Crippen LogP contribution >= 0.6 is 0 Å². The van der Waals surface area contributed by atoms with Crippen LogP contribution in [0.3, 0.4) is 0 Å². The summed E-state index contributed by atoms with van der Waals surface area (Å²) in [7, 11) is 0. The van der Waals surface area contributed by atoms with Gasteiger partial charge in [-0.1, -0.05) is 53.4 Å². The standard InChI is InChI=1S/C17H36N2/c1-7-8-9-10-11-14(2)19-13-16(17(4,5)6)18-12-15(19)3/h14-16,18H,7-13H2,1-6H3. The zero-order valence-corrected chi connectivity index (χ0v) is 14.1. The average molecular weight is 268 g/mol. The molecule has 0 amide bonds. The maximum absolute atomic E-state index is 3.73. The molecule has 1 saturated heterocycles. The largest absolute Gasteiger partial charge is 0.311 e. The summed E-state index contributed by atoms with van der Waals surface area (Å²) in [4.78, 5) is 2.73. The normalized spacial score (nSPS) is 27.5. The van der Waals surface area contributed by atoms with Crippen molar-refractivity contribution in [2.24, 2.45) is 5.41 Å². The van der Waals surface area contributed by atoms with Gasteiger partial charge in [0.25, 0.3) is 0 Å². The number of nitrogens with one attached hydrogen (secondary N) is 1. The zero-order valence-electron chi connectivity index (χ0n) is 14.1. The second-order valence-electron chi connectivity index (χ2n) is 7.57. The molecule has 0 saturated carbocycles. The average Bonchev–Trinajstić information content (AvgIpc) is 2.33. The Balaban J connectivity index is 2.44. The molecule has 114 valence electrons. The fourth-order valence-electron chi connectivity index (χ4n) is 3.11. The van der Waals surface area contributed by atoms with Crippen molar-refractivity contribution >= 4 is 0 Å². The van der Waals surface area contributed by atoms with Crippen molar-refractivity contribution in [1.82, 2.24) is 10.2 Å². The Hall–Kier alpha value is -0.0800. The smallest absolute Gasteiger partial charge is 0.0244 e. The highest BCUT2D eigenvalue weighted by atomic mass is 15.2. The molecule has 3 unspecified atom stereocenters. The van der Waals surface area contributed by atoms with E-state index in [0.29, 0.717) is 17.5 Å². The van der Waals surface area contributed by atoms with Gasteiger partial charge in [0.15, 0.2) is 0 Å². The van der Waals surface area contributed by atoms with E-state index in [2.05, 4.69) is 51.8 Å². The molecule has 1 heterocycles. The van der Waals surface area contributed by atoms with Crippen LogP contribution in [0.25, 0.3) is 0 Å². The Morgan fingerprint density at radius 2 is 1.89 bits per heavy atom. The molecule has 2 nitrogen and oxygen atoms in total. The summed E-state index contributed by atoms with van der Waals surface area (Å²) in [6.45, 7) is 16.5. The molecule has 2 heteroatoms. The molecule has 1 N–H and O–H groups in total. The monoisotopic (exact) mass is 268 g/mol. The van der Waals surface area contributed by atoms with Crippen LogP contribution in [0.4, 0.5) is 0 Å². The third kappa shape index (κ3) is 5.43. The zero-order chi connectivity index (χ0) is 14.5. The minimum absolute atomic E-state index is 0.361. The maximum atomic E-state index is 3.73. The second kappa shape index (κ2) is 7.64. The summed E-state index contributed by atoms with van der Waals surface area (Å²) in [6, 6.07) is 2.04. The van der Waals surface area contributed by atoms with Gasteiger partial charge in [0.1, 0.15) is 0 Å². The fourth-order valence-corrected chi connectivity index (χ4v) is 3.11. The summed E-state index contributed by atoms with van der Waals surface area (Å²) in [5.41, 5.74) is 0.361. The first kappa shape index (κ1) is 17.0. The quantitative estimate of drug-likeness (QED) is 0.731. The van der Waals surface area contributed by atoms with E-state index in [1.807, 2.05) is 0 Å². The predicted octanol–water partition coefficient (Wildman–Crippen LogP) is 4.05. The minimum Gasteiger partial charge on any atom is -0.311 e. The molecule has 0 aromatic heterocycles. The van der Waals surface area contributed by atoms with Crippen LogP contribution in [0.15, 0.2) is 0 Å². The molecule has 19 heavy (non-hydrogen) atoms. The van der Waals surface area contributed by atoms with Crippen LogP contribution in [0.5, 0.6) is 0 Å². The van der Waals surface area contributed by atoms with Gasteiger partial charge in [-0.15, -0.1) is 0 Å². The van der Waals surface area contributed by atoms with Crippen LogP contribution in [0.2, 0.25) is 0 Å². The van der Waals surface area contributed by atoms with E-state index < -0.39 is 0 Å². The van der Waals surface area contributed by atoms with Gasteiger partial charge in [0, 0.05) is 31.2 Å². The summed E-state index contributed by atoms with van der Waals surface area (Å²) in [6.07, 6.45) is 6.90. The first-order valence-electron chi connectivity index (χ1n) is 8.35. The lowest BCUT2D eigenvalue weighted by atomic mass is 9.84. The Morgan fingerprint density at radius 3 is 2.47 bits per heavy atom. The SMILES string of the molecule is CCCCCCC(C)N1CC(C(C)(C)C)NCC1C. The van der Waals surface area contributed by atoms with Crippen molar-refractivity contribution in [3.05, 3.63) is 0 Å². The van der Waals surface area contributed by atoms with Gasteiger partial charge in [-0.25, -0.2) is 0 Å². The number of hydrogen-bond acceptors (Lipinski definition) is 2. The number of rotatable bonds is 6. The third-order valence-corrected chi connectivity index (χ3v) is 4.71. The van der Waals surface area contributed by atoms with Crippen LogP contribution < -0.4 is 5.32 Å². The molecule has 0 aliphatic carbocycles. The van der Waals surface area contributed by atoms with E-state index in [-0.39, 0.29) is 0 Å². The van der Waals surface area contributed by atoms with Crippen LogP contribution in [0, 0.1) is 5.41 Å². The number of piperazine rings is 1. The molecule has 1 rings (SSSR count). The van der Waals surface area contributed by atoms with Crippen molar-refractivity contribution in [3.8, 4) is 0 Å². The van der Waals surface area contributed by atoms with Crippen molar-refractivity contribution in [2.45, 2.75) is 91.8 Å².